The number of hydrogen-bond acceptors (Lipinski definition) is 2. The van der Waals surface area contributed by atoms with E-state index in [-0.39, 0.29) is 0 Å². The van der Waals surface area contributed by atoms with Crippen LogP contribution in [0.5, 0.6) is 0 Å². The van der Waals surface area contributed by atoms with Crippen molar-refractivity contribution in [2.24, 2.45) is 0 Å². The first-order valence-corrected chi connectivity index (χ1v) is 5.70. The second kappa shape index (κ2) is 6.63. The van der Waals surface area contributed by atoms with Crippen molar-refractivity contribution in [1.82, 2.24) is 4.90 Å². The third-order valence-corrected chi connectivity index (χ3v) is 2.77. The van der Waals surface area contributed by atoms with Gasteiger partial charge in [0.15, 0.2) is 0 Å². The van der Waals surface area contributed by atoms with Crippen molar-refractivity contribution in [2.45, 2.75) is 31.6 Å². The molecule has 2 nitrogen and oxygen atoms in total. The van der Waals surface area contributed by atoms with Crippen molar-refractivity contribution in [2.75, 3.05) is 32.8 Å². The van der Waals surface area contributed by atoms with E-state index in [1.165, 1.54) is 19.4 Å². The number of alkyl halides is 1. The van der Waals surface area contributed by atoms with Gasteiger partial charge in [-0.3, -0.25) is 0 Å². The van der Waals surface area contributed by atoms with Gasteiger partial charge in [-0.15, -0.1) is 11.6 Å². The van der Waals surface area contributed by atoms with Gasteiger partial charge in [0.05, 0.1) is 0 Å². The lowest BCUT2D eigenvalue weighted by molar-refractivity contribution is 0.127. The molecule has 1 rings (SSSR count). The van der Waals surface area contributed by atoms with Crippen LogP contribution in [0.4, 0.5) is 0 Å². The van der Waals surface area contributed by atoms with Crippen LogP contribution < -0.4 is 0 Å². The molecule has 1 saturated heterocycles. The molecular formula is C10H20ClNO. The van der Waals surface area contributed by atoms with Crippen molar-refractivity contribution >= 4 is 11.6 Å². The van der Waals surface area contributed by atoms with Gasteiger partial charge in [-0.25, -0.2) is 0 Å². The van der Waals surface area contributed by atoms with Gasteiger partial charge in [0.1, 0.15) is 0 Å². The summed E-state index contributed by atoms with van der Waals surface area (Å²) in [6, 6.07) is 0. The maximum atomic E-state index is 6.08. The van der Waals surface area contributed by atoms with E-state index in [0.29, 0.717) is 5.38 Å². The number of rotatable bonds is 5. The summed E-state index contributed by atoms with van der Waals surface area (Å²) in [6.07, 6.45) is 3.57. The van der Waals surface area contributed by atoms with E-state index in [4.69, 9.17) is 16.3 Å². The second-order valence-corrected chi connectivity index (χ2v) is 4.21. The molecule has 0 aliphatic carbocycles. The van der Waals surface area contributed by atoms with Crippen molar-refractivity contribution in [3.05, 3.63) is 0 Å². The van der Waals surface area contributed by atoms with Crippen LogP contribution >= 0.6 is 11.6 Å². The van der Waals surface area contributed by atoms with Crippen LogP contribution in [-0.2, 0) is 4.74 Å². The normalized spacial score (nSPS) is 24.9. The Bertz CT molecular complexity index is 132. The van der Waals surface area contributed by atoms with E-state index < -0.39 is 0 Å². The fourth-order valence-electron chi connectivity index (χ4n) is 1.74. The Morgan fingerprint density at radius 3 is 3.08 bits per heavy atom. The molecule has 3 heteroatoms. The summed E-state index contributed by atoms with van der Waals surface area (Å²) in [7, 11) is 0. The summed E-state index contributed by atoms with van der Waals surface area (Å²) in [6.45, 7) is 7.18. The van der Waals surface area contributed by atoms with Crippen LogP contribution in [-0.4, -0.2) is 43.1 Å². The summed E-state index contributed by atoms with van der Waals surface area (Å²) in [5.41, 5.74) is 0. The summed E-state index contributed by atoms with van der Waals surface area (Å²) in [5.74, 6) is 0. The molecule has 0 aromatic heterocycles. The Labute approximate surface area is 86.2 Å². The zero-order chi connectivity index (χ0) is 9.52. The van der Waals surface area contributed by atoms with E-state index in [9.17, 15) is 0 Å². The SMILES string of the molecule is CCOCCCN1CCCC(Cl)C1. The fourth-order valence-corrected chi connectivity index (χ4v) is 2.09. The Kier molecular flexibility index (Phi) is 5.76. The Hall–Kier alpha value is 0.210. The zero-order valence-corrected chi connectivity index (χ0v) is 9.22. The number of hydrogen-bond donors (Lipinski definition) is 0. The smallest absolute Gasteiger partial charge is 0.0478 e. The highest BCUT2D eigenvalue weighted by Gasteiger charge is 2.16. The molecule has 0 aromatic carbocycles. The Balaban J connectivity index is 2.00. The zero-order valence-electron chi connectivity index (χ0n) is 8.47. The molecular weight excluding hydrogens is 186 g/mol. The molecule has 13 heavy (non-hydrogen) atoms. The Morgan fingerprint density at radius 2 is 2.38 bits per heavy atom. The van der Waals surface area contributed by atoms with E-state index in [0.717, 1.165) is 32.7 Å². The van der Waals surface area contributed by atoms with Crippen LogP contribution in [0.1, 0.15) is 26.2 Å². The molecule has 1 heterocycles. The quantitative estimate of drug-likeness (QED) is 0.504. The van der Waals surface area contributed by atoms with Gasteiger partial charge in [-0.1, -0.05) is 0 Å². The molecule has 0 saturated carbocycles. The molecule has 0 bridgehead atoms. The molecule has 0 N–H and O–H groups in total. The van der Waals surface area contributed by atoms with Crippen LogP contribution in [0.3, 0.4) is 0 Å². The topological polar surface area (TPSA) is 12.5 Å². The lowest BCUT2D eigenvalue weighted by Crippen LogP contribution is -2.36. The largest absolute Gasteiger partial charge is 0.382 e. The molecule has 1 unspecified atom stereocenters. The van der Waals surface area contributed by atoms with E-state index in [1.54, 1.807) is 0 Å². The van der Waals surface area contributed by atoms with E-state index in [1.807, 2.05) is 6.92 Å². The van der Waals surface area contributed by atoms with E-state index in [2.05, 4.69) is 4.90 Å². The van der Waals surface area contributed by atoms with Crippen LogP contribution in [0, 0.1) is 0 Å². The second-order valence-electron chi connectivity index (χ2n) is 3.59. The number of ether oxygens (including phenoxy) is 1. The minimum absolute atomic E-state index is 0.376. The fraction of sp³-hybridized carbons (Fsp3) is 1.00. The average Bonchev–Trinajstić information content (AvgIpc) is 2.13. The van der Waals surface area contributed by atoms with E-state index >= 15 is 0 Å². The first-order valence-electron chi connectivity index (χ1n) is 5.27. The molecule has 78 valence electrons. The highest BCUT2D eigenvalue weighted by atomic mass is 35.5. The first kappa shape index (κ1) is 11.3. The molecule has 1 fully saturated rings. The summed E-state index contributed by atoms with van der Waals surface area (Å²) in [5, 5.41) is 0.376. The maximum Gasteiger partial charge on any atom is 0.0478 e. The van der Waals surface area contributed by atoms with Crippen LogP contribution in [0.25, 0.3) is 0 Å². The minimum Gasteiger partial charge on any atom is -0.382 e. The third kappa shape index (κ3) is 4.84. The lowest BCUT2D eigenvalue weighted by Gasteiger charge is -2.29. The average molecular weight is 206 g/mol. The number of halogens is 1. The molecule has 1 aliphatic rings. The van der Waals surface area contributed by atoms with Crippen molar-refractivity contribution < 1.29 is 4.74 Å². The Morgan fingerprint density at radius 1 is 1.54 bits per heavy atom. The van der Waals surface area contributed by atoms with Crippen molar-refractivity contribution in [3.8, 4) is 0 Å². The monoisotopic (exact) mass is 205 g/mol. The van der Waals surface area contributed by atoms with Gasteiger partial charge in [0.25, 0.3) is 0 Å². The van der Waals surface area contributed by atoms with Gasteiger partial charge in [-0.2, -0.15) is 0 Å². The standard InChI is InChI=1S/C10H20ClNO/c1-2-13-8-4-7-12-6-3-5-10(11)9-12/h10H,2-9H2,1H3. The predicted octanol–water partition coefficient (Wildman–Crippen LogP) is 2.12. The number of piperidine rings is 1. The molecule has 0 radical (unpaired) electrons. The summed E-state index contributed by atoms with van der Waals surface area (Å²) in [4.78, 5) is 2.44. The van der Waals surface area contributed by atoms with Crippen LogP contribution in [0.15, 0.2) is 0 Å². The van der Waals surface area contributed by atoms with Gasteiger partial charge in [0, 0.05) is 31.7 Å². The van der Waals surface area contributed by atoms with Crippen LogP contribution in [0.2, 0.25) is 0 Å². The van der Waals surface area contributed by atoms with Gasteiger partial charge >= 0.3 is 0 Å². The number of nitrogens with zero attached hydrogens (tertiary/aromatic N) is 1. The number of likely N-dealkylation sites (tertiary alicyclic amines) is 1. The molecule has 0 amide bonds. The summed E-state index contributed by atoms with van der Waals surface area (Å²) >= 11 is 6.08. The first-order chi connectivity index (χ1) is 6.33. The highest BCUT2D eigenvalue weighted by molar-refractivity contribution is 6.20. The van der Waals surface area contributed by atoms with Gasteiger partial charge < -0.3 is 9.64 Å². The predicted molar refractivity (Wildman–Crippen MR) is 56.4 cm³/mol. The lowest BCUT2D eigenvalue weighted by atomic mass is 10.1. The summed E-state index contributed by atoms with van der Waals surface area (Å²) < 4.78 is 5.29. The third-order valence-electron chi connectivity index (χ3n) is 2.42. The minimum atomic E-state index is 0.376. The van der Waals surface area contributed by atoms with Gasteiger partial charge in [-0.05, 0) is 32.7 Å². The molecule has 0 spiro atoms. The molecule has 1 aliphatic heterocycles. The van der Waals surface area contributed by atoms with Gasteiger partial charge in [0.2, 0.25) is 0 Å². The molecule has 0 aromatic rings. The van der Waals surface area contributed by atoms with Crippen molar-refractivity contribution in [1.29, 1.82) is 0 Å². The molecule has 1 atom stereocenters. The highest BCUT2D eigenvalue weighted by Crippen LogP contribution is 2.14. The van der Waals surface area contributed by atoms with Crippen molar-refractivity contribution in [3.63, 3.8) is 0 Å². The maximum absolute atomic E-state index is 6.08.